The van der Waals surface area contributed by atoms with E-state index in [1.165, 1.54) is 12.8 Å². The highest BCUT2D eigenvalue weighted by molar-refractivity contribution is 5.89. The number of rotatable bonds is 5. The van der Waals surface area contributed by atoms with Crippen molar-refractivity contribution in [2.45, 2.75) is 45.1 Å². The first-order valence-electron chi connectivity index (χ1n) is 7.09. The predicted molar refractivity (Wildman–Crippen MR) is 76.6 cm³/mol. The molecule has 1 aromatic carbocycles. The van der Waals surface area contributed by atoms with Gasteiger partial charge in [0, 0.05) is 12.2 Å². The molecule has 0 aromatic heterocycles. The van der Waals surface area contributed by atoms with Crippen molar-refractivity contribution in [2.75, 3.05) is 11.9 Å². The van der Waals surface area contributed by atoms with Crippen molar-refractivity contribution in [3.05, 3.63) is 24.3 Å². The predicted octanol–water partition coefficient (Wildman–Crippen LogP) is 3.54. The zero-order valence-corrected chi connectivity index (χ0v) is 11.4. The average Bonchev–Trinajstić information content (AvgIpc) is 2.91. The first-order chi connectivity index (χ1) is 9.28. The molecular weight excluding hydrogens is 240 g/mol. The summed E-state index contributed by atoms with van der Waals surface area (Å²) in [6, 6.07) is 7.40. The lowest BCUT2D eigenvalue weighted by atomic mass is 10.3. The Labute approximate surface area is 114 Å². The van der Waals surface area contributed by atoms with Gasteiger partial charge in [0.2, 0.25) is 0 Å². The molecule has 0 radical (unpaired) electrons. The number of nitrogens with one attached hydrogen (secondary N) is 2. The largest absolute Gasteiger partial charge is 0.490 e. The van der Waals surface area contributed by atoms with Crippen molar-refractivity contribution in [1.29, 1.82) is 0 Å². The second-order valence-electron chi connectivity index (χ2n) is 4.93. The van der Waals surface area contributed by atoms with Crippen LogP contribution in [-0.4, -0.2) is 18.7 Å². The molecule has 0 aliphatic heterocycles. The van der Waals surface area contributed by atoms with Crippen LogP contribution in [0.1, 0.15) is 39.0 Å². The molecule has 104 valence electrons. The van der Waals surface area contributed by atoms with Crippen LogP contribution in [0.15, 0.2) is 24.3 Å². The van der Waals surface area contributed by atoms with E-state index >= 15 is 0 Å². The molecule has 1 aliphatic rings. The lowest BCUT2D eigenvalue weighted by molar-refractivity contribution is 0.210. The van der Waals surface area contributed by atoms with Gasteiger partial charge in [-0.05, 0) is 56.4 Å². The SMILES string of the molecule is CCCNC(=O)Nc1ccc(OC2CCCC2)cc1. The smallest absolute Gasteiger partial charge is 0.319 e. The molecule has 0 heterocycles. The molecule has 1 aliphatic carbocycles. The van der Waals surface area contributed by atoms with Crippen LogP contribution in [0.3, 0.4) is 0 Å². The van der Waals surface area contributed by atoms with E-state index in [9.17, 15) is 4.79 Å². The minimum Gasteiger partial charge on any atom is -0.490 e. The summed E-state index contributed by atoms with van der Waals surface area (Å²) in [6.45, 7) is 2.71. The topological polar surface area (TPSA) is 50.4 Å². The minimum atomic E-state index is -0.161. The van der Waals surface area contributed by atoms with Gasteiger partial charge in [-0.3, -0.25) is 0 Å². The van der Waals surface area contributed by atoms with Crippen molar-refractivity contribution >= 4 is 11.7 Å². The van der Waals surface area contributed by atoms with Crippen molar-refractivity contribution in [2.24, 2.45) is 0 Å². The van der Waals surface area contributed by atoms with Crippen LogP contribution in [0.2, 0.25) is 0 Å². The Bertz CT molecular complexity index is 397. The highest BCUT2D eigenvalue weighted by Gasteiger charge is 2.16. The van der Waals surface area contributed by atoms with E-state index in [0.29, 0.717) is 12.6 Å². The zero-order valence-electron chi connectivity index (χ0n) is 11.4. The van der Waals surface area contributed by atoms with Crippen LogP contribution < -0.4 is 15.4 Å². The first kappa shape index (κ1) is 13.7. The number of carbonyl (C=O) groups excluding carboxylic acids is 1. The number of benzene rings is 1. The Balaban J connectivity index is 1.82. The Morgan fingerprint density at radius 1 is 1.26 bits per heavy atom. The summed E-state index contributed by atoms with van der Waals surface area (Å²) in [5.74, 6) is 0.881. The maximum absolute atomic E-state index is 11.5. The van der Waals surface area contributed by atoms with E-state index in [2.05, 4.69) is 10.6 Å². The molecule has 1 saturated carbocycles. The average molecular weight is 262 g/mol. The fraction of sp³-hybridized carbons (Fsp3) is 0.533. The molecule has 0 unspecified atom stereocenters. The number of carbonyl (C=O) groups is 1. The summed E-state index contributed by atoms with van der Waals surface area (Å²) < 4.78 is 5.87. The molecule has 1 fully saturated rings. The summed E-state index contributed by atoms with van der Waals surface area (Å²) in [5.41, 5.74) is 0.785. The van der Waals surface area contributed by atoms with Crippen molar-refractivity contribution in [1.82, 2.24) is 5.32 Å². The van der Waals surface area contributed by atoms with E-state index < -0.39 is 0 Å². The molecule has 4 heteroatoms. The summed E-state index contributed by atoms with van der Waals surface area (Å²) in [6.07, 6.45) is 6.14. The Hall–Kier alpha value is -1.71. The number of hydrogen-bond acceptors (Lipinski definition) is 2. The van der Waals surface area contributed by atoms with E-state index in [1.807, 2.05) is 31.2 Å². The standard InChI is InChI=1S/C15H22N2O2/c1-2-11-16-15(18)17-12-7-9-14(10-8-12)19-13-5-3-4-6-13/h7-10,13H,2-6,11H2,1H3,(H2,16,17,18). The minimum absolute atomic E-state index is 0.161. The molecule has 19 heavy (non-hydrogen) atoms. The van der Waals surface area contributed by atoms with Gasteiger partial charge in [0.05, 0.1) is 6.10 Å². The summed E-state index contributed by atoms with van der Waals surface area (Å²) in [5, 5.41) is 5.56. The van der Waals surface area contributed by atoms with Gasteiger partial charge >= 0.3 is 6.03 Å². The number of amides is 2. The molecule has 2 N–H and O–H groups in total. The molecule has 0 saturated heterocycles. The molecular formula is C15H22N2O2. The maximum atomic E-state index is 11.5. The van der Waals surface area contributed by atoms with Gasteiger partial charge < -0.3 is 15.4 Å². The van der Waals surface area contributed by atoms with Gasteiger partial charge in [-0.15, -0.1) is 0 Å². The summed E-state index contributed by atoms with van der Waals surface area (Å²) in [7, 11) is 0. The van der Waals surface area contributed by atoms with E-state index in [1.54, 1.807) is 0 Å². The molecule has 0 atom stereocenters. The Morgan fingerprint density at radius 3 is 2.58 bits per heavy atom. The summed E-state index contributed by atoms with van der Waals surface area (Å²) in [4.78, 5) is 11.5. The van der Waals surface area contributed by atoms with Crippen LogP contribution >= 0.6 is 0 Å². The monoisotopic (exact) mass is 262 g/mol. The fourth-order valence-electron chi connectivity index (χ4n) is 2.23. The normalized spacial score (nSPS) is 15.2. The highest BCUT2D eigenvalue weighted by Crippen LogP contribution is 2.24. The number of anilines is 1. The highest BCUT2D eigenvalue weighted by atomic mass is 16.5. The molecule has 1 aromatic rings. The van der Waals surface area contributed by atoms with Crippen molar-refractivity contribution < 1.29 is 9.53 Å². The van der Waals surface area contributed by atoms with E-state index in [-0.39, 0.29) is 6.03 Å². The third-order valence-electron chi connectivity index (χ3n) is 3.25. The number of urea groups is 1. The number of ether oxygens (including phenoxy) is 1. The summed E-state index contributed by atoms with van der Waals surface area (Å²) >= 11 is 0. The molecule has 0 bridgehead atoms. The first-order valence-corrected chi connectivity index (χ1v) is 7.09. The second kappa shape index (κ2) is 7.02. The quantitative estimate of drug-likeness (QED) is 0.852. The zero-order chi connectivity index (χ0) is 13.5. The van der Waals surface area contributed by atoms with Crippen LogP contribution in [-0.2, 0) is 0 Å². The van der Waals surface area contributed by atoms with Gasteiger partial charge in [-0.25, -0.2) is 4.79 Å². The van der Waals surface area contributed by atoms with Crippen LogP contribution in [0.5, 0.6) is 5.75 Å². The van der Waals surface area contributed by atoms with E-state index in [4.69, 9.17) is 4.74 Å². The Kier molecular flexibility index (Phi) is 5.07. The fourth-order valence-corrected chi connectivity index (χ4v) is 2.23. The van der Waals surface area contributed by atoms with Gasteiger partial charge in [-0.2, -0.15) is 0 Å². The van der Waals surface area contributed by atoms with Gasteiger partial charge in [0.25, 0.3) is 0 Å². The van der Waals surface area contributed by atoms with Crippen molar-refractivity contribution in [3.8, 4) is 5.75 Å². The lowest BCUT2D eigenvalue weighted by Crippen LogP contribution is -2.29. The molecule has 4 nitrogen and oxygen atoms in total. The van der Waals surface area contributed by atoms with Crippen LogP contribution in [0, 0.1) is 0 Å². The maximum Gasteiger partial charge on any atom is 0.319 e. The number of hydrogen-bond donors (Lipinski definition) is 2. The van der Waals surface area contributed by atoms with Gasteiger partial charge in [0.1, 0.15) is 5.75 Å². The van der Waals surface area contributed by atoms with Gasteiger partial charge in [0.15, 0.2) is 0 Å². The van der Waals surface area contributed by atoms with Crippen LogP contribution in [0.4, 0.5) is 10.5 Å². The molecule has 0 spiro atoms. The third-order valence-corrected chi connectivity index (χ3v) is 3.25. The van der Waals surface area contributed by atoms with Crippen LogP contribution in [0.25, 0.3) is 0 Å². The third kappa shape index (κ3) is 4.47. The molecule has 2 amide bonds. The second-order valence-corrected chi connectivity index (χ2v) is 4.93. The van der Waals surface area contributed by atoms with Crippen molar-refractivity contribution in [3.63, 3.8) is 0 Å². The molecule has 2 rings (SSSR count). The Morgan fingerprint density at radius 2 is 1.95 bits per heavy atom. The van der Waals surface area contributed by atoms with Gasteiger partial charge in [-0.1, -0.05) is 6.92 Å². The lowest BCUT2D eigenvalue weighted by Gasteiger charge is -2.13. The van der Waals surface area contributed by atoms with E-state index in [0.717, 1.165) is 30.7 Å².